The maximum absolute atomic E-state index is 12.4. The summed E-state index contributed by atoms with van der Waals surface area (Å²) in [5.74, 6) is -1.58. The zero-order valence-electron chi connectivity index (χ0n) is 12.0. The molecule has 110 valence electrons. The third kappa shape index (κ3) is 3.18. The first-order valence-corrected chi connectivity index (χ1v) is 6.92. The van der Waals surface area contributed by atoms with Crippen LogP contribution < -0.4 is 5.32 Å². The van der Waals surface area contributed by atoms with Gasteiger partial charge in [0, 0.05) is 11.6 Å². The van der Waals surface area contributed by atoms with Gasteiger partial charge in [-0.15, -0.1) is 0 Å². The van der Waals surface area contributed by atoms with Crippen molar-refractivity contribution < 1.29 is 14.7 Å². The number of nitrogens with zero attached hydrogens (tertiary/aromatic N) is 1. The minimum atomic E-state index is -1.02. The normalized spacial score (nSPS) is 13.6. The molecule has 2 aromatic rings. The molecule has 0 fully saturated rings. The first-order chi connectivity index (χ1) is 10.0. The molecule has 1 amide bonds. The number of fused-ring (bicyclic) bond motifs is 1. The van der Waals surface area contributed by atoms with E-state index in [0.717, 1.165) is 5.39 Å². The predicted molar refractivity (Wildman–Crippen MR) is 80.1 cm³/mol. The molecule has 0 aliphatic heterocycles. The van der Waals surface area contributed by atoms with Crippen molar-refractivity contribution in [2.75, 3.05) is 0 Å². The number of aromatic nitrogens is 1. The second-order valence-corrected chi connectivity index (χ2v) is 5.06. The van der Waals surface area contributed by atoms with E-state index in [1.54, 1.807) is 31.3 Å². The molecule has 5 heteroatoms. The number of carboxylic acids is 1. The van der Waals surface area contributed by atoms with Crippen molar-refractivity contribution in [1.82, 2.24) is 10.3 Å². The molecule has 0 radical (unpaired) electrons. The monoisotopic (exact) mass is 286 g/mol. The lowest BCUT2D eigenvalue weighted by Crippen LogP contribution is -2.45. The average molecular weight is 286 g/mol. The van der Waals surface area contributed by atoms with Crippen LogP contribution in [0.25, 0.3) is 10.9 Å². The van der Waals surface area contributed by atoms with Gasteiger partial charge in [-0.25, -0.2) is 4.79 Å². The van der Waals surface area contributed by atoms with Gasteiger partial charge in [0.25, 0.3) is 5.91 Å². The fraction of sp³-hybridized carbons (Fsp3) is 0.312. The maximum Gasteiger partial charge on any atom is 0.326 e. The number of hydrogen-bond acceptors (Lipinski definition) is 3. The van der Waals surface area contributed by atoms with Crippen molar-refractivity contribution >= 4 is 22.8 Å². The summed E-state index contributed by atoms with van der Waals surface area (Å²) >= 11 is 0. The molecule has 1 aromatic heterocycles. The Morgan fingerprint density at radius 1 is 1.29 bits per heavy atom. The van der Waals surface area contributed by atoms with E-state index < -0.39 is 17.9 Å². The van der Waals surface area contributed by atoms with E-state index in [4.69, 9.17) is 0 Å². The van der Waals surface area contributed by atoms with Crippen LogP contribution in [-0.2, 0) is 4.79 Å². The molecule has 2 atom stereocenters. The summed E-state index contributed by atoms with van der Waals surface area (Å²) in [4.78, 5) is 27.9. The smallest absolute Gasteiger partial charge is 0.326 e. The molecular formula is C16H18N2O3. The van der Waals surface area contributed by atoms with Crippen LogP contribution in [0.15, 0.2) is 36.5 Å². The minimum absolute atomic E-state index is 0.144. The molecule has 0 bridgehead atoms. The number of para-hydroxylation sites is 1. The van der Waals surface area contributed by atoms with E-state index in [9.17, 15) is 14.7 Å². The average Bonchev–Trinajstić information content (AvgIpc) is 2.50. The van der Waals surface area contributed by atoms with E-state index in [0.29, 0.717) is 17.5 Å². The van der Waals surface area contributed by atoms with Gasteiger partial charge in [-0.2, -0.15) is 0 Å². The van der Waals surface area contributed by atoms with Crippen molar-refractivity contribution in [1.29, 1.82) is 0 Å². The number of aliphatic carboxylic acids is 1. The topological polar surface area (TPSA) is 79.3 Å². The van der Waals surface area contributed by atoms with E-state index in [1.165, 1.54) is 0 Å². The second kappa shape index (κ2) is 6.35. The van der Waals surface area contributed by atoms with Crippen molar-refractivity contribution in [3.05, 3.63) is 42.1 Å². The fourth-order valence-corrected chi connectivity index (χ4v) is 2.19. The van der Waals surface area contributed by atoms with Crippen LogP contribution in [-0.4, -0.2) is 28.0 Å². The third-order valence-corrected chi connectivity index (χ3v) is 3.64. The number of carboxylic acid groups (broad SMARTS) is 1. The molecule has 2 N–H and O–H groups in total. The van der Waals surface area contributed by atoms with Crippen LogP contribution in [0, 0.1) is 5.92 Å². The Morgan fingerprint density at radius 3 is 2.67 bits per heavy atom. The lowest BCUT2D eigenvalue weighted by Gasteiger charge is -2.20. The Labute approximate surface area is 123 Å². The third-order valence-electron chi connectivity index (χ3n) is 3.64. The fourth-order valence-electron chi connectivity index (χ4n) is 2.19. The van der Waals surface area contributed by atoms with Crippen LogP contribution in [0.5, 0.6) is 0 Å². The molecular weight excluding hydrogens is 268 g/mol. The van der Waals surface area contributed by atoms with Crippen molar-refractivity contribution in [2.24, 2.45) is 5.92 Å². The van der Waals surface area contributed by atoms with Crippen LogP contribution in [0.4, 0.5) is 0 Å². The van der Waals surface area contributed by atoms with Gasteiger partial charge in [-0.1, -0.05) is 38.5 Å². The second-order valence-electron chi connectivity index (χ2n) is 5.06. The number of benzene rings is 1. The Kier molecular flexibility index (Phi) is 4.52. The number of rotatable bonds is 5. The molecule has 0 unspecified atom stereocenters. The van der Waals surface area contributed by atoms with E-state index in [1.807, 2.05) is 19.1 Å². The summed E-state index contributed by atoms with van der Waals surface area (Å²) in [5, 5.41) is 12.7. The van der Waals surface area contributed by atoms with Gasteiger partial charge in [0.2, 0.25) is 0 Å². The van der Waals surface area contributed by atoms with Crippen molar-refractivity contribution in [3.8, 4) is 0 Å². The summed E-state index contributed by atoms with van der Waals surface area (Å²) < 4.78 is 0. The molecule has 0 saturated heterocycles. The summed E-state index contributed by atoms with van der Waals surface area (Å²) in [6.07, 6.45) is 2.29. The molecule has 0 aliphatic carbocycles. The van der Waals surface area contributed by atoms with Gasteiger partial charge in [0.15, 0.2) is 0 Å². The van der Waals surface area contributed by atoms with Gasteiger partial charge >= 0.3 is 5.97 Å². The van der Waals surface area contributed by atoms with Crippen LogP contribution >= 0.6 is 0 Å². The first-order valence-electron chi connectivity index (χ1n) is 6.92. The Hall–Kier alpha value is -2.43. The van der Waals surface area contributed by atoms with Gasteiger partial charge in [-0.3, -0.25) is 9.78 Å². The molecule has 0 aliphatic rings. The highest BCUT2D eigenvalue weighted by Crippen LogP contribution is 2.17. The minimum Gasteiger partial charge on any atom is -0.480 e. The molecule has 5 nitrogen and oxygen atoms in total. The standard InChI is InChI=1S/C16H18N2O3/c1-3-10(2)13(16(20)21)18-15(19)12-8-4-6-11-7-5-9-17-14(11)12/h4-10,13H,3H2,1-2H3,(H,18,19)(H,20,21)/t10-,13-/m1/s1. The number of nitrogens with one attached hydrogen (secondary N) is 1. The Bertz CT molecular complexity index is 664. The number of hydrogen-bond donors (Lipinski definition) is 2. The first kappa shape index (κ1) is 15.0. The predicted octanol–water partition coefficient (Wildman–Crippen LogP) is 2.46. The lowest BCUT2D eigenvalue weighted by molar-refractivity contribution is -0.140. The summed E-state index contributed by atoms with van der Waals surface area (Å²) in [5.41, 5.74) is 0.966. The summed E-state index contributed by atoms with van der Waals surface area (Å²) in [7, 11) is 0. The molecule has 1 aromatic carbocycles. The molecule has 0 saturated carbocycles. The summed E-state index contributed by atoms with van der Waals surface area (Å²) in [6, 6.07) is 8.04. The molecule has 21 heavy (non-hydrogen) atoms. The number of amides is 1. The van der Waals surface area contributed by atoms with Gasteiger partial charge in [-0.05, 0) is 18.1 Å². The van der Waals surface area contributed by atoms with Gasteiger partial charge in [0.05, 0.1) is 11.1 Å². The number of pyridine rings is 1. The largest absolute Gasteiger partial charge is 0.480 e. The van der Waals surface area contributed by atoms with Crippen LogP contribution in [0.2, 0.25) is 0 Å². The lowest BCUT2D eigenvalue weighted by atomic mass is 9.98. The molecule has 0 spiro atoms. The molecule has 1 heterocycles. The van der Waals surface area contributed by atoms with Crippen molar-refractivity contribution in [3.63, 3.8) is 0 Å². The zero-order valence-corrected chi connectivity index (χ0v) is 12.0. The van der Waals surface area contributed by atoms with E-state index >= 15 is 0 Å². The highest BCUT2D eigenvalue weighted by molar-refractivity contribution is 6.06. The quantitative estimate of drug-likeness (QED) is 0.885. The summed E-state index contributed by atoms with van der Waals surface area (Å²) in [6.45, 7) is 3.70. The number of carbonyl (C=O) groups excluding carboxylic acids is 1. The van der Waals surface area contributed by atoms with E-state index in [-0.39, 0.29) is 5.92 Å². The highest BCUT2D eigenvalue weighted by atomic mass is 16.4. The molecule has 2 rings (SSSR count). The van der Waals surface area contributed by atoms with Gasteiger partial charge in [0.1, 0.15) is 6.04 Å². The van der Waals surface area contributed by atoms with Crippen LogP contribution in [0.1, 0.15) is 30.6 Å². The highest BCUT2D eigenvalue weighted by Gasteiger charge is 2.26. The Morgan fingerprint density at radius 2 is 2.00 bits per heavy atom. The van der Waals surface area contributed by atoms with Crippen molar-refractivity contribution in [2.45, 2.75) is 26.3 Å². The van der Waals surface area contributed by atoms with Gasteiger partial charge < -0.3 is 10.4 Å². The van der Waals surface area contributed by atoms with Crippen LogP contribution in [0.3, 0.4) is 0 Å². The maximum atomic E-state index is 12.4. The SMILES string of the molecule is CC[C@@H](C)[C@@H](NC(=O)c1cccc2cccnc12)C(=O)O. The Balaban J connectivity index is 2.32. The van der Waals surface area contributed by atoms with E-state index in [2.05, 4.69) is 10.3 Å². The zero-order chi connectivity index (χ0) is 15.4. The number of carbonyl (C=O) groups is 2.